The predicted octanol–water partition coefficient (Wildman–Crippen LogP) is 3.33. The molecule has 0 atom stereocenters. The van der Waals surface area contributed by atoms with Crippen molar-refractivity contribution < 1.29 is 14.3 Å². The molecular weight excluding hydrogens is 379 g/mol. The number of aromatic nitrogens is 2. The van der Waals surface area contributed by atoms with Crippen molar-refractivity contribution in [2.45, 2.75) is 6.54 Å². The van der Waals surface area contributed by atoms with E-state index < -0.39 is 5.97 Å². The molecule has 0 amide bonds. The van der Waals surface area contributed by atoms with Crippen LogP contribution < -0.4 is 10.3 Å². The van der Waals surface area contributed by atoms with Crippen LogP contribution in [0.1, 0.15) is 0 Å². The molecule has 0 bridgehead atoms. The second-order valence-electron chi connectivity index (χ2n) is 5.34. The van der Waals surface area contributed by atoms with Gasteiger partial charge in [-0.2, -0.15) is 0 Å². The molecule has 0 saturated heterocycles. The number of hydrogen-bond donors (Lipinski definition) is 0. The van der Waals surface area contributed by atoms with E-state index in [1.807, 2.05) is 6.07 Å². The standard InChI is InChI=1S/C18H14Cl2N2O4/c19-12-5-6-16(14(20)9-12)26-10-17(23)25-8-7-22-11-21-15-4-2-1-3-13(15)18(22)24/h1-6,9,11H,7-8,10H2. The highest BCUT2D eigenvalue weighted by Crippen LogP contribution is 2.27. The fourth-order valence-electron chi connectivity index (χ4n) is 2.29. The van der Waals surface area contributed by atoms with Crippen LogP contribution in [0.3, 0.4) is 0 Å². The molecule has 6 nitrogen and oxygen atoms in total. The maximum absolute atomic E-state index is 12.3. The van der Waals surface area contributed by atoms with Crippen LogP contribution >= 0.6 is 23.2 Å². The highest BCUT2D eigenvalue weighted by molar-refractivity contribution is 6.35. The van der Waals surface area contributed by atoms with Gasteiger partial charge in [-0.25, -0.2) is 9.78 Å². The number of fused-ring (bicyclic) bond motifs is 1. The zero-order valence-corrected chi connectivity index (χ0v) is 15.0. The second kappa shape index (κ2) is 8.21. The van der Waals surface area contributed by atoms with E-state index in [4.69, 9.17) is 32.7 Å². The number of ether oxygens (including phenoxy) is 2. The Morgan fingerprint density at radius 3 is 2.77 bits per heavy atom. The molecule has 26 heavy (non-hydrogen) atoms. The van der Waals surface area contributed by atoms with Gasteiger partial charge >= 0.3 is 5.97 Å². The Balaban J connectivity index is 1.52. The lowest BCUT2D eigenvalue weighted by Crippen LogP contribution is -2.24. The van der Waals surface area contributed by atoms with Crippen molar-refractivity contribution in [2.24, 2.45) is 0 Å². The molecule has 8 heteroatoms. The smallest absolute Gasteiger partial charge is 0.344 e. The van der Waals surface area contributed by atoms with Gasteiger partial charge in [0.05, 0.1) is 28.8 Å². The molecule has 0 spiro atoms. The van der Waals surface area contributed by atoms with Gasteiger partial charge in [0.2, 0.25) is 0 Å². The van der Waals surface area contributed by atoms with Crippen molar-refractivity contribution in [3.8, 4) is 5.75 Å². The fourth-order valence-corrected chi connectivity index (χ4v) is 2.76. The summed E-state index contributed by atoms with van der Waals surface area (Å²) in [5, 5.41) is 1.29. The summed E-state index contributed by atoms with van der Waals surface area (Å²) in [5.74, 6) is -0.235. The lowest BCUT2D eigenvalue weighted by atomic mass is 10.2. The summed E-state index contributed by atoms with van der Waals surface area (Å²) in [4.78, 5) is 28.3. The normalized spacial score (nSPS) is 10.7. The van der Waals surface area contributed by atoms with E-state index in [9.17, 15) is 9.59 Å². The second-order valence-corrected chi connectivity index (χ2v) is 6.19. The van der Waals surface area contributed by atoms with Crippen LogP contribution in [-0.2, 0) is 16.1 Å². The van der Waals surface area contributed by atoms with Gasteiger partial charge in [0.1, 0.15) is 12.4 Å². The molecule has 0 aliphatic carbocycles. The van der Waals surface area contributed by atoms with Crippen molar-refractivity contribution in [1.29, 1.82) is 0 Å². The van der Waals surface area contributed by atoms with Crippen LogP contribution in [-0.4, -0.2) is 28.7 Å². The lowest BCUT2D eigenvalue weighted by molar-refractivity contribution is -0.146. The van der Waals surface area contributed by atoms with E-state index in [0.29, 0.717) is 26.7 Å². The number of carbonyl (C=O) groups is 1. The largest absolute Gasteiger partial charge is 0.480 e. The molecule has 0 fully saturated rings. The third-order valence-corrected chi connectivity index (χ3v) is 4.10. The van der Waals surface area contributed by atoms with Gasteiger partial charge in [0.25, 0.3) is 5.56 Å². The lowest BCUT2D eigenvalue weighted by Gasteiger charge is -2.09. The highest BCUT2D eigenvalue weighted by atomic mass is 35.5. The van der Waals surface area contributed by atoms with Crippen molar-refractivity contribution in [2.75, 3.05) is 13.2 Å². The number of esters is 1. The van der Waals surface area contributed by atoms with E-state index in [2.05, 4.69) is 4.98 Å². The molecule has 0 saturated carbocycles. The molecule has 0 unspecified atom stereocenters. The molecule has 1 heterocycles. The van der Waals surface area contributed by atoms with Gasteiger partial charge in [-0.05, 0) is 30.3 Å². The van der Waals surface area contributed by atoms with Crippen LogP contribution in [0.2, 0.25) is 10.0 Å². The quantitative estimate of drug-likeness (QED) is 0.601. The first-order valence-corrected chi connectivity index (χ1v) is 8.48. The number of nitrogens with zero attached hydrogens (tertiary/aromatic N) is 2. The van der Waals surface area contributed by atoms with Gasteiger partial charge in [0.15, 0.2) is 6.61 Å². The molecule has 0 N–H and O–H groups in total. The SMILES string of the molecule is O=C(COc1ccc(Cl)cc1Cl)OCCn1cnc2ccccc2c1=O. The zero-order chi connectivity index (χ0) is 18.5. The highest BCUT2D eigenvalue weighted by Gasteiger charge is 2.09. The van der Waals surface area contributed by atoms with Crippen LogP contribution in [0.5, 0.6) is 5.75 Å². The first-order chi connectivity index (χ1) is 12.5. The van der Waals surface area contributed by atoms with Crippen molar-refractivity contribution in [3.63, 3.8) is 0 Å². The van der Waals surface area contributed by atoms with E-state index in [1.165, 1.54) is 17.0 Å². The minimum Gasteiger partial charge on any atom is -0.480 e. The van der Waals surface area contributed by atoms with Gasteiger partial charge in [-0.3, -0.25) is 9.36 Å². The minimum atomic E-state index is -0.571. The van der Waals surface area contributed by atoms with Crippen molar-refractivity contribution in [1.82, 2.24) is 9.55 Å². The number of para-hydroxylation sites is 1. The molecule has 0 aliphatic rings. The Kier molecular flexibility index (Phi) is 5.75. The summed E-state index contributed by atoms with van der Waals surface area (Å²) in [6.07, 6.45) is 1.43. The fraction of sp³-hybridized carbons (Fsp3) is 0.167. The number of halogens is 2. The average molecular weight is 393 g/mol. The van der Waals surface area contributed by atoms with E-state index in [-0.39, 0.29) is 25.3 Å². The summed E-state index contributed by atoms with van der Waals surface area (Å²) in [6, 6.07) is 11.7. The Labute approximate surface area is 158 Å². The number of carbonyl (C=O) groups excluding carboxylic acids is 1. The molecule has 0 radical (unpaired) electrons. The summed E-state index contributed by atoms with van der Waals surface area (Å²) >= 11 is 11.7. The molecule has 3 aromatic rings. The number of rotatable bonds is 6. The molecule has 1 aromatic heterocycles. The maximum atomic E-state index is 12.3. The topological polar surface area (TPSA) is 70.4 Å². The monoisotopic (exact) mass is 392 g/mol. The Hall–Kier alpha value is -2.57. The van der Waals surface area contributed by atoms with Crippen LogP contribution in [0.15, 0.2) is 53.6 Å². The number of benzene rings is 2. The Morgan fingerprint density at radius 1 is 1.15 bits per heavy atom. The Morgan fingerprint density at radius 2 is 1.96 bits per heavy atom. The van der Waals surface area contributed by atoms with Gasteiger partial charge in [0, 0.05) is 5.02 Å². The first kappa shape index (κ1) is 18.2. The summed E-state index contributed by atoms with van der Waals surface area (Å²) in [5.41, 5.74) is 0.440. The predicted molar refractivity (Wildman–Crippen MR) is 98.9 cm³/mol. The molecular formula is C18H14Cl2N2O4. The van der Waals surface area contributed by atoms with Crippen LogP contribution in [0.25, 0.3) is 10.9 Å². The third kappa shape index (κ3) is 4.33. The van der Waals surface area contributed by atoms with Crippen LogP contribution in [0.4, 0.5) is 0 Å². The van der Waals surface area contributed by atoms with Gasteiger partial charge in [-0.1, -0.05) is 35.3 Å². The first-order valence-electron chi connectivity index (χ1n) is 7.72. The molecule has 2 aromatic carbocycles. The van der Waals surface area contributed by atoms with Gasteiger partial charge < -0.3 is 9.47 Å². The third-order valence-electron chi connectivity index (χ3n) is 3.57. The summed E-state index contributed by atoms with van der Waals surface area (Å²) < 4.78 is 11.8. The number of hydrogen-bond acceptors (Lipinski definition) is 5. The minimum absolute atomic E-state index is 0.0243. The van der Waals surface area contributed by atoms with E-state index in [1.54, 1.807) is 30.3 Å². The summed E-state index contributed by atoms with van der Waals surface area (Å²) in [6.45, 7) is -0.0766. The van der Waals surface area contributed by atoms with Crippen LogP contribution in [0, 0.1) is 0 Å². The molecule has 0 aliphatic heterocycles. The molecule has 134 valence electrons. The average Bonchev–Trinajstić information content (AvgIpc) is 2.63. The zero-order valence-electron chi connectivity index (χ0n) is 13.5. The van der Waals surface area contributed by atoms with Crippen molar-refractivity contribution >= 4 is 40.1 Å². The molecule has 3 rings (SSSR count). The van der Waals surface area contributed by atoms with E-state index in [0.717, 1.165) is 0 Å². The van der Waals surface area contributed by atoms with E-state index >= 15 is 0 Å². The summed E-state index contributed by atoms with van der Waals surface area (Å²) in [7, 11) is 0. The Bertz CT molecular complexity index is 1000. The maximum Gasteiger partial charge on any atom is 0.344 e. The van der Waals surface area contributed by atoms with Crippen molar-refractivity contribution in [3.05, 3.63) is 69.2 Å². The van der Waals surface area contributed by atoms with Gasteiger partial charge in [-0.15, -0.1) is 0 Å².